The van der Waals surface area contributed by atoms with E-state index in [4.69, 9.17) is 0 Å². The zero-order chi connectivity index (χ0) is 19.3. The molecule has 1 saturated carbocycles. The topological polar surface area (TPSA) is 75.3 Å². The average Bonchev–Trinajstić information content (AvgIpc) is 2.69. The number of benzene rings is 2. The van der Waals surface area contributed by atoms with Gasteiger partial charge in [0.1, 0.15) is 0 Å². The zero-order valence-corrected chi connectivity index (χ0v) is 16.4. The number of carbonyl (C=O) groups excluding carboxylic acids is 1. The van der Waals surface area contributed by atoms with E-state index in [1.807, 2.05) is 31.2 Å². The molecule has 1 amide bonds. The van der Waals surface area contributed by atoms with E-state index in [0.29, 0.717) is 5.56 Å². The third-order valence-electron chi connectivity index (χ3n) is 5.00. The zero-order valence-electron chi connectivity index (χ0n) is 15.6. The molecule has 0 bridgehead atoms. The van der Waals surface area contributed by atoms with Crippen molar-refractivity contribution in [2.24, 2.45) is 0 Å². The van der Waals surface area contributed by atoms with Crippen molar-refractivity contribution in [2.45, 2.75) is 56.4 Å². The van der Waals surface area contributed by atoms with Crippen LogP contribution in [0.1, 0.15) is 54.9 Å². The molecule has 0 saturated heterocycles. The molecule has 27 heavy (non-hydrogen) atoms. The number of amides is 1. The number of hydrogen-bond donors (Lipinski definition) is 2. The van der Waals surface area contributed by atoms with Crippen LogP contribution >= 0.6 is 0 Å². The van der Waals surface area contributed by atoms with Gasteiger partial charge in [0.2, 0.25) is 10.0 Å². The molecule has 0 radical (unpaired) electrons. The highest BCUT2D eigenvalue weighted by atomic mass is 32.2. The van der Waals surface area contributed by atoms with Gasteiger partial charge in [-0.25, -0.2) is 13.1 Å². The van der Waals surface area contributed by atoms with Crippen LogP contribution in [0.5, 0.6) is 0 Å². The molecule has 0 aliphatic heterocycles. The third-order valence-corrected chi connectivity index (χ3v) is 6.54. The number of rotatable bonds is 6. The summed E-state index contributed by atoms with van der Waals surface area (Å²) in [4.78, 5) is 12.7. The molecule has 0 aromatic heterocycles. The van der Waals surface area contributed by atoms with Crippen LogP contribution in [-0.4, -0.2) is 20.4 Å². The Kier molecular flexibility index (Phi) is 6.29. The summed E-state index contributed by atoms with van der Waals surface area (Å²) in [5, 5.41) is 2.90. The second-order valence-corrected chi connectivity index (χ2v) is 8.66. The lowest BCUT2D eigenvalue weighted by Gasteiger charge is -2.22. The van der Waals surface area contributed by atoms with Crippen LogP contribution in [0.3, 0.4) is 0 Å². The highest BCUT2D eigenvalue weighted by molar-refractivity contribution is 7.89. The number of sulfonamides is 1. The lowest BCUT2D eigenvalue weighted by molar-refractivity contribution is 0.102. The van der Waals surface area contributed by atoms with Gasteiger partial charge in [-0.3, -0.25) is 4.79 Å². The average molecular weight is 387 g/mol. The van der Waals surface area contributed by atoms with Crippen LogP contribution < -0.4 is 10.0 Å². The summed E-state index contributed by atoms with van der Waals surface area (Å²) in [7, 11) is -3.55. The van der Waals surface area contributed by atoms with Crippen LogP contribution in [0.25, 0.3) is 0 Å². The van der Waals surface area contributed by atoms with Crippen molar-refractivity contribution in [3.63, 3.8) is 0 Å². The largest absolute Gasteiger partial charge is 0.322 e. The third kappa shape index (κ3) is 4.96. The van der Waals surface area contributed by atoms with Gasteiger partial charge in [0, 0.05) is 17.3 Å². The van der Waals surface area contributed by atoms with Crippen molar-refractivity contribution in [3.05, 3.63) is 59.7 Å². The van der Waals surface area contributed by atoms with Gasteiger partial charge in [0.05, 0.1) is 4.90 Å². The first-order valence-corrected chi connectivity index (χ1v) is 11.0. The van der Waals surface area contributed by atoms with Gasteiger partial charge in [0.25, 0.3) is 5.91 Å². The van der Waals surface area contributed by atoms with Gasteiger partial charge < -0.3 is 5.32 Å². The molecule has 144 valence electrons. The second kappa shape index (κ2) is 8.67. The summed E-state index contributed by atoms with van der Waals surface area (Å²) >= 11 is 0. The van der Waals surface area contributed by atoms with Crippen LogP contribution in [0.2, 0.25) is 0 Å². The van der Waals surface area contributed by atoms with E-state index >= 15 is 0 Å². The molecule has 1 aliphatic carbocycles. The minimum absolute atomic E-state index is 0.0114. The summed E-state index contributed by atoms with van der Waals surface area (Å²) in [6.45, 7) is 2.03. The highest BCUT2D eigenvalue weighted by Crippen LogP contribution is 2.21. The predicted octanol–water partition coefficient (Wildman–Crippen LogP) is 4.11. The number of para-hydroxylation sites is 1. The molecule has 0 unspecified atom stereocenters. The normalized spacial score (nSPS) is 15.4. The molecule has 2 N–H and O–H groups in total. The van der Waals surface area contributed by atoms with Gasteiger partial charge in [-0.05, 0) is 55.2 Å². The summed E-state index contributed by atoms with van der Waals surface area (Å²) in [6.07, 6.45) is 5.88. The maximum atomic E-state index is 12.5. The number of nitrogens with one attached hydrogen (secondary N) is 2. The van der Waals surface area contributed by atoms with Crippen LogP contribution in [0.15, 0.2) is 53.4 Å². The van der Waals surface area contributed by atoms with E-state index in [1.165, 1.54) is 18.6 Å². The van der Waals surface area contributed by atoms with E-state index in [1.54, 1.807) is 12.1 Å². The van der Waals surface area contributed by atoms with Gasteiger partial charge in [-0.15, -0.1) is 0 Å². The van der Waals surface area contributed by atoms with Crippen LogP contribution in [-0.2, 0) is 16.4 Å². The Balaban J connectivity index is 1.69. The molecule has 0 atom stereocenters. The Morgan fingerprint density at radius 1 is 1.00 bits per heavy atom. The van der Waals surface area contributed by atoms with E-state index in [9.17, 15) is 13.2 Å². The molecule has 1 fully saturated rings. The smallest absolute Gasteiger partial charge is 0.255 e. The van der Waals surface area contributed by atoms with Crippen molar-refractivity contribution >= 4 is 21.6 Å². The summed E-state index contributed by atoms with van der Waals surface area (Å²) in [5.74, 6) is -0.250. The molecule has 0 spiro atoms. The number of hydrogen-bond acceptors (Lipinski definition) is 3. The second-order valence-electron chi connectivity index (χ2n) is 6.95. The van der Waals surface area contributed by atoms with Crippen LogP contribution in [0.4, 0.5) is 5.69 Å². The van der Waals surface area contributed by atoms with Crippen molar-refractivity contribution in [2.75, 3.05) is 5.32 Å². The quantitative estimate of drug-likeness (QED) is 0.784. The SMILES string of the molecule is CCc1ccccc1NC(=O)c1ccc(S(=O)(=O)NC2CCCCC2)cc1. The molecular formula is C21H26N2O3S. The van der Waals surface area contributed by atoms with Crippen molar-refractivity contribution in [3.8, 4) is 0 Å². The summed E-state index contributed by atoms with van der Waals surface area (Å²) in [5.41, 5.74) is 2.26. The Morgan fingerprint density at radius 3 is 2.33 bits per heavy atom. The summed E-state index contributed by atoms with van der Waals surface area (Å²) in [6, 6.07) is 13.8. The first kappa shape index (κ1) is 19.6. The van der Waals surface area contributed by atoms with Crippen molar-refractivity contribution in [1.82, 2.24) is 4.72 Å². The Morgan fingerprint density at radius 2 is 1.67 bits per heavy atom. The Labute approximate surface area is 161 Å². The molecule has 0 heterocycles. The fourth-order valence-electron chi connectivity index (χ4n) is 3.44. The van der Waals surface area contributed by atoms with E-state index in [-0.39, 0.29) is 16.8 Å². The number of aryl methyl sites for hydroxylation is 1. The fourth-order valence-corrected chi connectivity index (χ4v) is 4.74. The minimum atomic E-state index is -3.55. The monoisotopic (exact) mass is 386 g/mol. The minimum Gasteiger partial charge on any atom is -0.322 e. The molecule has 5 nitrogen and oxygen atoms in total. The van der Waals surface area contributed by atoms with Gasteiger partial charge in [-0.1, -0.05) is 44.4 Å². The van der Waals surface area contributed by atoms with Gasteiger partial charge in [0.15, 0.2) is 0 Å². The lowest BCUT2D eigenvalue weighted by Crippen LogP contribution is -2.36. The van der Waals surface area contributed by atoms with Crippen LogP contribution in [0, 0.1) is 0 Å². The highest BCUT2D eigenvalue weighted by Gasteiger charge is 2.22. The molecule has 3 rings (SSSR count). The predicted molar refractivity (Wildman–Crippen MR) is 107 cm³/mol. The van der Waals surface area contributed by atoms with E-state index < -0.39 is 10.0 Å². The molecule has 2 aromatic carbocycles. The van der Waals surface area contributed by atoms with Crippen molar-refractivity contribution < 1.29 is 13.2 Å². The Bertz CT molecular complexity index is 886. The molecule has 6 heteroatoms. The Hall–Kier alpha value is -2.18. The molecule has 2 aromatic rings. The van der Waals surface area contributed by atoms with Gasteiger partial charge >= 0.3 is 0 Å². The van der Waals surface area contributed by atoms with E-state index in [0.717, 1.165) is 43.4 Å². The number of anilines is 1. The van der Waals surface area contributed by atoms with E-state index in [2.05, 4.69) is 10.0 Å². The first-order chi connectivity index (χ1) is 13.0. The van der Waals surface area contributed by atoms with Gasteiger partial charge in [-0.2, -0.15) is 0 Å². The maximum Gasteiger partial charge on any atom is 0.255 e. The number of carbonyl (C=O) groups is 1. The first-order valence-electron chi connectivity index (χ1n) is 9.51. The summed E-state index contributed by atoms with van der Waals surface area (Å²) < 4.78 is 27.9. The fraction of sp³-hybridized carbons (Fsp3) is 0.381. The maximum absolute atomic E-state index is 12.5. The molecule has 1 aliphatic rings. The lowest BCUT2D eigenvalue weighted by atomic mass is 9.96. The standard InChI is InChI=1S/C21H26N2O3S/c1-2-16-8-6-7-11-20(16)22-21(24)17-12-14-19(15-13-17)27(25,26)23-18-9-4-3-5-10-18/h6-8,11-15,18,23H,2-5,9-10H2,1H3,(H,22,24). The van der Waals surface area contributed by atoms with Crippen molar-refractivity contribution in [1.29, 1.82) is 0 Å². The molecular weight excluding hydrogens is 360 g/mol.